The summed E-state index contributed by atoms with van der Waals surface area (Å²) in [5.41, 5.74) is 5.48. The molecule has 6 heteroatoms. The number of aromatic amines is 1. The van der Waals surface area contributed by atoms with Gasteiger partial charge < -0.3 is 16.0 Å². The van der Waals surface area contributed by atoms with E-state index in [9.17, 15) is 4.79 Å². The summed E-state index contributed by atoms with van der Waals surface area (Å²) in [5, 5.41) is 3.12. The highest BCUT2D eigenvalue weighted by atomic mass is 16.1. The predicted octanol–water partition coefficient (Wildman–Crippen LogP) is 0.247. The summed E-state index contributed by atoms with van der Waals surface area (Å²) in [5.74, 6) is 0.463. The maximum atomic E-state index is 11.3. The Bertz CT molecular complexity index is 440. The molecule has 1 saturated carbocycles. The van der Waals surface area contributed by atoms with E-state index in [1.165, 1.54) is 19.2 Å². The molecule has 1 aromatic rings. The highest BCUT2D eigenvalue weighted by Gasteiger charge is 2.28. The van der Waals surface area contributed by atoms with Gasteiger partial charge in [0.25, 0.3) is 5.56 Å². The van der Waals surface area contributed by atoms with Gasteiger partial charge in [-0.3, -0.25) is 9.69 Å². The molecular weight excluding hydrogens is 218 g/mol. The average Bonchev–Trinajstić information content (AvgIpc) is 3.13. The zero-order valence-electron chi connectivity index (χ0n) is 10.2. The molecule has 94 valence electrons. The maximum Gasteiger partial charge on any atom is 0.276 e. The van der Waals surface area contributed by atoms with Gasteiger partial charge in [0.2, 0.25) is 0 Å². The highest BCUT2D eigenvalue weighted by Crippen LogP contribution is 2.26. The average molecular weight is 237 g/mol. The first-order chi connectivity index (χ1) is 8.09. The number of hydrogen-bond acceptors (Lipinski definition) is 5. The third-order valence-corrected chi connectivity index (χ3v) is 3.27. The van der Waals surface area contributed by atoms with Crippen molar-refractivity contribution in [1.82, 2.24) is 14.9 Å². The van der Waals surface area contributed by atoms with E-state index in [0.717, 1.165) is 12.6 Å². The van der Waals surface area contributed by atoms with Gasteiger partial charge >= 0.3 is 0 Å². The van der Waals surface area contributed by atoms with E-state index in [1.807, 2.05) is 0 Å². The Morgan fingerprint density at radius 1 is 1.71 bits per heavy atom. The first-order valence-corrected chi connectivity index (χ1v) is 5.88. The number of likely N-dealkylation sites (N-methyl/N-ethyl adjacent to an activating group) is 1. The summed E-state index contributed by atoms with van der Waals surface area (Å²) >= 11 is 0. The number of nitrogens with two attached hydrogens (primary N) is 1. The minimum atomic E-state index is -0.300. The van der Waals surface area contributed by atoms with Crippen molar-refractivity contribution in [3.05, 3.63) is 16.7 Å². The van der Waals surface area contributed by atoms with E-state index < -0.39 is 0 Å². The van der Waals surface area contributed by atoms with Crippen LogP contribution in [-0.2, 0) is 0 Å². The molecule has 4 N–H and O–H groups in total. The van der Waals surface area contributed by atoms with Gasteiger partial charge in [0, 0.05) is 18.6 Å². The van der Waals surface area contributed by atoms with Gasteiger partial charge in [0.05, 0.1) is 6.33 Å². The van der Waals surface area contributed by atoms with Gasteiger partial charge in [-0.1, -0.05) is 0 Å². The number of nitrogens with one attached hydrogen (secondary N) is 2. The van der Waals surface area contributed by atoms with E-state index in [4.69, 9.17) is 5.73 Å². The van der Waals surface area contributed by atoms with Crippen LogP contribution in [0.2, 0.25) is 0 Å². The second-order valence-corrected chi connectivity index (χ2v) is 4.62. The van der Waals surface area contributed by atoms with Crippen LogP contribution in [0.4, 0.5) is 11.5 Å². The number of nitrogens with zero attached hydrogens (tertiary/aromatic N) is 2. The van der Waals surface area contributed by atoms with E-state index in [1.54, 1.807) is 0 Å². The fraction of sp³-hybridized carbons (Fsp3) is 0.636. The normalized spacial score (nSPS) is 17.1. The van der Waals surface area contributed by atoms with Crippen LogP contribution in [0.3, 0.4) is 0 Å². The number of H-pyrrole nitrogens is 1. The van der Waals surface area contributed by atoms with Crippen LogP contribution in [0.1, 0.15) is 19.8 Å². The lowest BCUT2D eigenvalue weighted by molar-refractivity contribution is 0.257. The molecule has 1 fully saturated rings. The van der Waals surface area contributed by atoms with E-state index >= 15 is 0 Å². The van der Waals surface area contributed by atoms with Crippen LogP contribution < -0.4 is 16.6 Å². The van der Waals surface area contributed by atoms with Gasteiger partial charge in [-0.2, -0.15) is 0 Å². The molecule has 1 aliphatic carbocycles. The fourth-order valence-corrected chi connectivity index (χ4v) is 1.78. The van der Waals surface area contributed by atoms with E-state index in [2.05, 4.69) is 34.2 Å². The van der Waals surface area contributed by atoms with Crippen LogP contribution in [0, 0.1) is 0 Å². The molecule has 0 saturated heterocycles. The Labute approximate surface area is 100 Å². The second kappa shape index (κ2) is 4.75. The molecule has 1 atom stereocenters. The van der Waals surface area contributed by atoms with Gasteiger partial charge in [-0.25, -0.2) is 4.98 Å². The molecule has 0 amide bonds. The SMILES string of the molecule is CC(CNc1nc[nH]c(=O)c1N)N(C)C1CC1. The van der Waals surface area contributed by atoms with Crippen molar-refractivity contribution in [2.24, 2.45) is 0 Å². The molecule has 0 spiro atoms. The quantitative estimate of drug-likeness (QED) is 0.683. The zero-order valence-corrected chi connectivity index (χ0v) is 10.2. The van der Waals surface area contributed by atoms with Crippen LogP contribution in [0.5, 0.6) is 0 Å². The van der Waals surface area contributed by atoms with Crippen molar-refractivity contribution in [3.63, 3.8) is 0 Å². The highest BCUT2D eigenvalue weighted by molar-refractivity contribution is 5.58. The lowest BCUT2D eigenvalue weighted by Gasteiger charge is -2.24. The Hall–Kier alpha value is -1.56. The van der Waals surface area contributed by atoms with Gasteiger partial charge in [-0.15, -0.1) is 0 Å². The maximum absolute atomic E-state index is 11.3. The minimum absolute atomic E-state index is 0.147. The van der Waals surface area contributed by atoms with Gasteiger partial charge in [0.1, 0.15) is 5.69 Å². The summed E-state index contributed by atoms with van der Waals surface area (Å²) in [6.45, 7) is 2.88. The van der Waals surface area contributed by atoms with E-state index in [0.29, 0.717) is 11.9 Å². The van der Waals surface area contributed by atoms with E-state index in [-0.39, 0.29) is 11.2 Å². The number of aromatic nitrogens is 2. The Morgan fingerprint density at radius 3 is 3.06 bits per heavy atom. The smallest absolute Gasteiger partial charge is 0.276 e. The molecule has 2 rings (SSSR count). The van der Waals surface area contributed by atoms with Crippen LogP contribution in [-0.4, -0.2) is 40.5 Å². The lowest BCUT2D eigenvalue weighted by atomic mass is 10.3. The number of rotatable bonds is 5. The van der Waals surface area contributed by atoms with Crippen LogP contribution >= 0.6 is 0 Å². The topological polar surface area (TPSA) is 87.0 Å². The number of nitrogen functional groups attached to an aromatic ring is 1. The van der Waals surface area contributed by atoms with Gasteiger partial charge in [-0.05, 0) is 26.8 Å². The molecule has 1 aromatic heterocycles. The molecule has 0 bridgehead atoms. The van der Waals surface area contributed by atoms with Crippen molar-refractivity contribution in [3.8, 4) is 0 Å². The van der Waals surface area contributed by atoms with Crippen molar-refractivity contribution in [2.75, 3.05) is 24.6 Å². The summed E-state index contributed by atoms with van der Waals surface area (Å²) < 4.78 is 0. The zero-order chi connectivity index (χ0) is 12.4. The summed E-state index contributed by atoms with van der Waals surface area (Å²) in [6, 6.07) is 1.11. The summed E-state index contributed by atoms with van der Waals surface area (Å²) in [7, 11) is 2.12. The molecule has 0 aromatic carbocycles. The Balaban J connectivity index is 1.92. The standard InChI is InChI=1S/C11H19N5O/c1-7(16(2)8-3-4-8)5-13-10-9(12)11(17)15-6-14-10/h6-8H,3-5,12H2,1-2H3,(H2,13,14,15,17). The lowest BCUT2D eigenvalue weighted by Crippen LogP contribution is -2.36. The molecule has 17 heavy (non-hydrogen) atoms. The predicted molar refractivity (Wildman–Crippen MR) is 68.0 cm³/mol. The third kappa shape index (κ3) is 2.76. The monoisotopic (exact) mass is 237 g/mol. The largest absolute Gasteiger partial charge is 0.391 e. The molecule has 0 aliphatic heterocycles. The third-order valence-electron chi connectivity index (χ3n) is 3.27. The first-order valence-electron chi connectivity index (χ1n) is 5.88. The number of hydrogen-bond donors (Lipinski definition) is 3. The Kier molecular flexibility index (Phi) is 3.33. The molecule has 1 aliphatic rings. The van der Waals surface area contributed by atoms with Crippen LogP contribution in [0.15, 0.2) is 11.1 Å². The van der Waals surface area contributed by atoms with Crippen LogP contribution in [0.25, 0.3) is 0 Å². The molecule has 1 unspecified atom stereocenters. The molecule has 6 nitrogen and oxygen atoms in total. The minimum Gasteiger partial charge on any atom is -0.391 e. The molecular formula is C11H19N5O. The van der Waals surface area contributed by atoms with Crippen molar-refractivity contribution in [1.29, 1.82) is 0 Å². The first kappa shape index (κ1) is 11.9. The number of anilines is 2. The summed E-state index contributed by atoms with van der Waals surface area (Å²) in [4.78, 5) is 20.1. The molecule has 0 radical (unpaired) electrons. The van der Waals surface area contributed by atoms with Crippen molar-refractivity contribution >= 4 is 11.5 Å². The second-order valence-electron chi connectivity index (χ2n) is 4.62. The fourth-order valence-electron chi connectivity index (χ4n) is 1.78. The van der Waals surface area contributed by atoms with Crippen molar-refractivity contribution in [2.45, 2.75) is 31.8 Å². The van der Waals surface area contributed by atoms with Gasteiger partial charge in [0.15, 0.2) is 5.82 Å². The summed E-state index contributed by atoms with van der Waals surface area (Å²) in [6.07, 6.45) is 3.93. The molecule has 1 heterocycles. The van der Waals surface area contributed by atoms with Crippen molar-refractivity contribution < 1.29 is 0 Å². The Morgan fingerprint density at radius 2 is 2.41 bits per heavy atom.